The molecule has 2 aliphatic heterocycles. The average Bonchev–Trinajstić information content (AvgIpc) is 2.70. The Morgan fingerprint density at radius 1 is 1.30 bits per heavy atom. The number of aromatic hydroxyl groups is 1. The number of hydrogen-bond donors (Lipinski definition) is 2. The summed E-state index contributed by atoms with van der Waals surface area (Å²) in [5, 5.41) is 9.72. The van der Waals surface area contributed by atoms with E-state index in [4.69, 9.17) is 10.5 Å². The molecule has 3 rings (SSSR count). The predicted molar refractivity (Wildman–Crippen MR) is 78.9 cm³/mol. The second-order valence-electron chi connectivity index (χ2n) is 6.17. The van der Waals surface area contributed by atoms with E-state index in [9.17, 15) is 5.11 Å². The van der Waals surface area contributed by atoms with E-state index in [1.165, 1.54) is 18.4 Å². The molecule has 0 saturated carbocycles. The lowest BCUT2D eigenvalue weighted by molar-refractivity contribution is 0.0852. The Bertz CT molecular complexity index is 477. The summed E-state index contributed by atoms with van der Waals surface area (Å²) in [4.78, 5) is 2.62. The van der Waals surface area contributed by atoms with Crippen LogP contribution in [0.2, 0.25) is 0 Å². The molecule has 0 amide bonds. The Morgan fingerprint density at radius 2 is 1.95 bits per heavy atom. The van der Waals surface area contributed by atoms with Gasteiger partial charge in [0.2, 0.25) is 0 Å². The van der Waals surface area contributed by atoms with Crippen molar-refractivity contribution in [2.24, 2.45) is 5.73 Å². The molecule has 20 heavy (non-hydrogen) atoms. The number of piperidine rings is 1. The first-order chi connectivity index (χ1) is 9.60. The van der Waals surface area contributed by atoms with Crippen LogP contribution < -0.4 is 10.5 Å². The van der Waals surface area contributed by atoms with Crippen LogP contribution in [0.25, 0.3) is 0 Å². The lowest BCUT2D eigenvalue weighted by atomic mass is 9.94. The van der Waals surface area contributed by atoms with Gasteiger partial charge in [0.05, 0.1) is 7.11 Å². The zero-order valence-electron chi connectivity index (χ0n) is 12.2. The summed E-state index contributed by atoms with van der Waals surface area (Å²) >= 11 is 0. The first-order valence-electron chi connectivity index (χ1n) is 7.50. The molecule has 4 nitrogen and oxygen atoms in total. The van der Waals surface area contributed by atoms with Gasteiger partial charge in [-0.1, -0.05) is 6.07 Å². The highest BCUT2D eigenvalue weighted by Gasteiger charge is 2.42. The van der Waals surface area contributed by atoms with E-state index in [-0.39, 0.29) is 5.75 Å². The van der Waals surface area contributed by atoms with E-state index in [1.54, 1.807) is 13.2 Å². The second kappa shape index (κ2) is 5.26. The van der Waals surface area contributed by atoms with Gasteiger partial charge in [0.1, 0.15) is 0 Å². The summed E-state index contributed by atoms with van der Waals surface area (Å²) in [5.41, 5.74) is 7.34. The van der Waals surface area contributed by atoms with E-state index in [1.807, 2.05) is 12.1 Å². The highest BCUT2D eigenvalue weighted by molar-refractivity contribution is 5.42. The Kier molecular flexibility index (Phi) is 3.61. The van der Waals surface area contributed by atoms with Gasteiger partial charge in [-0.2, -0.15) is 0 Å². The van der Waals surface area contributed by atoms with Gasteiger partial charge in [-0.3, -0.25) is 4.90 Å². The topological polar surface area (TPSA) is 58.7 Å². The van der Waals surface area contributed by atoms with Crippen molar-refractivity contribution in [3.63, 3.8) is 0 Å². The van der Waals surface area contributed by atoms with Gasteiger partial charge in [0.15, 0.2) is 11.5 Å². The number of nitrogens with two attached hydrogens (primary N) is 1. The first kappa shape index (κ1) is 13.7. The van der Waals surface area contributed by atoms with E-state index >= 15 is 0 Å². The minimum Gasteiger partial charge on any atom is -0.504 e. The fourth-order valence-electron chi connectivity index (χ4n) is 4.01. The third kappa shape index (κ3) is 2.27. The van der Waals surface area contributed by atoms with Gasteiger partial charge >= 0.3 is 0 Å². The molecule has 0 aromatic heterocycles. The SMILES string of the molecule is COc1cc(C(C)N2C3CCC2CC(N)C3)ccc1O. The fraction of sp³-hybridized carbons (Fsp3) is 0.625. The molecule has 2 saturated heterocycles. The molecule has 1 aromatic carbocycles. The molecule has 2 bridgehead atoms. The molecule has 0 aliphatic carbocycles. The number of hydrogen-bond acceptors (Lipinski definition) is 4. The molecule has 2 fully saturated rings. The monoisotopic (exact) mass is 276 g/mol. The lowest BCUT2D eigenvalue weighted by Gasteiger charge is -2.41. The minimum absolute atomic E-state index is 0.201. The lowest BCUT2D eigenvalue weighted by Crippen LogP contribution is -2.48. The summed E-state index contributed by atoms with van der Waals surface area (Å²) in [6.07, 6.45) is 4.74. The zero-order chi connectivity index (χ0) is 14.3. The summed E-state index contributed by atoms with van der Waals surface area (Å²) in [6, 6.07) is 7.60. The van der Waals surface area contributed by atoms with Gasteiger partial charge in [0.25, 0.3) is 0 Å². The third-order valence-electron chi connectivity index (χ3n) is 4.96. The molecule has 0 radical (unpaired) electrons. The van der Waals surface area contributed by atoms with Crippen LogP contribution >= 0.6 is 0 Å². The maximum Gasteiger partial charge on any atom is 0.160 e. The Hall–Kier alpha value is -1.26. The predicted octanol–water partition coefficient (Wildman–Crippen LogP) is 2.42. The van der Waals surface area contributed by atoms with Crippen molar-refractivity contribution >= 4 is 0 Å². The van der Waals surface area contributed by atoms with Gasteiger partial charge in [-0.15, -0.1) is 0 Å². The van der Waals surface area contributed by atoms with Crippen LogP contribution in [0.1, 0.15) is 44.2 Å². The number of methoxy groups -OCH3 is 1. The van der Waals surface area contributed by atoms with Gasteiger partial charge < -0.3 is 15.6 Å². The largest absolute Gasteiger partial charge is 0.504 e. The molecular weight excluding hydrogens is 252 g/mol. The Balaban J connectivity index is 1.84. The summed E-state index contributed by atoms with van der Waals surface area (Å²) in [6.45, 7) is 2.24. The second-order valence-corrected chi connectivity index (χ2v) is 6.17. The van der Waals surface area contributed by atoms with Crippen LogP contribution in [0.15, 0.2) is 18.2 Å². The third-order valence-corrected chi connectivity index (χ3v) is 4.96. The molecular formula is C16H24N2O2. The fourth-order valence-corrected chi connectivity index (χ4v) is 4.01. The molecule has 3 unspecified atom stereocenters. The van der Waals surface area contributed by atoms with Crippen LogP contribution in [0.4, 0.5) is 0 Å². The molecule has 1 aromatic rings. The molecule has 2 aliphatic rings. The van der Waals surface area contributed by atoms with Crippen LogP contribution in [0.3, 0.4) is 0 Å². The van der Waals surface area contributed by atoms with E-state index in [2.05, 4.69) is 11.8 Å². The zero-order valence-corrected chi connectivity index (χ0v) is 12.2. The van der Waals surface area contributed by atoms with Crippen molar-refractivity contribution in [3.8, 4) is 11.5 Å². The number of rotatable bonds is 3. The minimum atomic E-state index is 0.201. The summed E-state index contributed by atoms with van der Waals surface area (Å²) < 4.78 is 5.22. The number of phenolic OH excluding ortho intramolecular Hbond substituents is 1. The number of phenols is 1. The maximum atomic E-state index is 9.72. The van der Waals surface area contributed by atoms with Crippen molar-refractivity contribution in [1.82, 2.24) is 4.90 Å². The quantitative estimate of drug-likeness (QED) is 0.890. The first-order valence-corrected chi connectivity index (χ1v) is 7.50. The van der Waals surface area contributed by atoms with Crippen molar-refractivity contribution in [1.29, 1.82) is 0 Å². The van der Waals surface area contributed by atoms with Crippen LogP contribution in [0, 0.1) is 0 Å². The van der Waals surface area contributed by atoms with Gasteiger partial charge in [-0.25, -0.2) is 0 Å². The Morgan fingerprint density at radius 3 is 2.55 bits per heavy atom. The highest BCUT2D eigenvalue weighted by atomic mass is 16.5. The van der Waals surface area contributed by atoms with Crippen molar-refractivity contribution in [2.75, 3.05) is 7.11 Å². The molecule has 0 spiro atoms. The molecule has 110 valence electrons. The molecule has 3 N–H and O–H groups in total. The molecule has 2 heterocycles. The van der Waals surface area contributed by atoms with Crippen molar-refractivity contribution in [2.45, 2.75) is 56.8 Å². The number of benzene rings is 1. The number of fused-ring (bicyclic) bond motifs is 2. The smallest absolute Gasteiger partial charge is 0.160 e. The molecule has 3 atom stereocenters. The molecule has 4 heteroatoms. The van der Waals surface area contributed by atoms with Crippen molar-refractivity contribution < 1.29 is 9.84 Å². The number of ether oxygens (including phenoxy) is 1. The van der Waals surface area contributed by atoms with Gasteiger partial charge in [-0.05, 0) is 50.3 Å². The van der Waals surface area contributed by atoms with Crippen molar-refractivity contribution in [3.05, 3.63) is 23.8 Å². The maximum absolute atomic E-state index is 9.72. The average molecular weight is 276 g/mol. The van der Waals surface area contributed by atoms with E-state index in [0.29, 0.717) is 29.9 Å². The number of nitrogens with zero attached hydrogens (tertiary/aromatic N) is 1. The van der Waals surface area contributed by atoms with Crippen LogP contribution in [-0.4, -0.2) is 35.2 Å². The normalized spacial score (nSPS) is 31.2. The summed E-state index contributed by atoms with van der Waals surface area (Å²) in [5.74, 6) is 0.752. The highest BCUT2D eigenvalue weighted by Crippen LogP contribution is 2.42. The Labute approximate surface area is 120 Å². The van der Waals surface area contributed by atoms with E-state index < -0.39 is 0 Å². The van der Waals surface area contributed by atoms with Gasteiger partial charge in [0, 0.05) is 24.2 Å². The van der Waals surface area contributed by atoms with E-state index in [0.717, 1.165) is 12.8 Å². The summed E-state index contributed by atoms with van der Waals surface area (Å²) in [7, 11) is 1.59. The van der Waals surface area contributed by atoms with Crippen LogP contribution in [-0.2, 0) is 0 Å². The van der Waals surface area contributed by atoms with Crippen LogP contribution in [0.5, 0.6) is 11.5 Å². The standard InChI is InChI=1S/C16H24N2O2/c1-10(11-3-6-15(19)16(7-11)20-2)18-13-4-5-14(18)9-12(17)8-13/h3,6-7,10,12-14,19H,4-5,8-9,17H2,1-2H3.